The third-order valence-electron chi connectivity index (χ3n) is 2.34. The smallest absolute Gasteiger partial charge is 0.0579 e. The molecule has 0 aromatic heterocycles. The summed E-state index contributed by atoms with van der Waals surface area (Å²) in [6, 6.07) is 8.07. The molecular weight excluding hydrogens is 214 g/mol. The van der Waals surface area contributed by atoms with Crippen LogP contribution < -0.4 is 5.32 Å². The van der Waals surface area contributed by atoms with Gasteiger partial charge in [-0.3, -0.25) is 0 Å². The van der Waals surface area contributed by atoms with Crippen molar-refractivity contribution >= 4 is 23.4 Å². The molecule has 0 spiro atoms. The van der Waals surface area contributed by atoms with Gasteiger partial charge in [-0.1, -0.05) is 17.7 Å². The zero-order valence-electron chi connectivity index (χ0n) is 8.00. The topological polar surface area (TPSA) is 12.0 Å². The van der Waals surface area contributed by atoms with Crippen molar-refractivity contribution in [1.82, 2.24) is 5.32 Å². The van der Waals surface area contributed by atoms with Crippen LogP contribution in [0.15, 0.2) is 29.2 Å². The monoisotopic (exact) mass is 227 g/mol. The molecule has 1 aliphatic rings. The Balaban J connectivity index is 1.95. The van der Waals surface area contributed by atoms with E-state index in [4.69, 9.17) is 11.6 Å². The molecule has 1 heterocycles. The Kier molecular flexibility index (Phi) is 3.74. The molecule has 1 unspecified atom stereocenters. The van der Waals surface area contributed by atoms with Crippen LogP contribution in [0.25, 0.3) is 0 Å². The number of piperidine rings is 1. The molecule has 76 valence electrons. The largest absolute Gasteiger partial charge is 0.305 e. The van der Waals surface area contributed by atoms with Gasteiger partial charge in [-0.05, 0) is 44.0 Å². The van der Waals surface area contributed by atoms with E-state index in [0.717, 1.165) is 11.6 Å². The molecule has 3 heteroatoms. The normalized spacial score (nSPS) is 22.2. The first-order chi connectivity index (χ1) is 6.84. The predicted molar refractivity (Wildman–Crippen MR) is 63.0 cm³/mol. The van der Waals surface area contributed by atoms with Crippen LogP contribution in [-0.2, 0) is 0 Å². The van der Waals surface area contributed by atoms with Crippen LogP contribution >= 0.6 is 23.4 Å². The molecule has 1 fully saturated rings. The Bertz CT molecular complexity index is 297. The number of hydrogen-bond acceptors (Lipinski definition) is 2. The molecule has 14 heavy (non-hydrogen) atoms. The third-order valence-corrected chi connectivity index (χ3v) is 3.79. The fraction of sp³-hybridized carbons (Fsp3) is 0.455. The zero-order valence-corrected chi connectivity index (χ0v) is 9.57. The minimum Gasteiger partial charge on any atom is -0.305 e. The summed E-state index contributed by atoms with van der Waals surface area (Å²) in [6.45, 7) is 1.15. The van der Waals surface area contributed by atoms with E-state index in [9.17, 15) is 0 Å². The Morgan fingerprint density at radius 1 is 1.36 bits per heavy atom. The Labute approximate surface area is 94.2 Å². The Hall–Kier alpha value is -0.180. The maximum Gasteiger partial charge on any atom is 0.0579 e. The van der Waals surface area contributed by atoms with E-state index in [0.29, 0.717) is 5.37 Å². The highest BCUT2D eigenvalue weighted by Gasteiger charge is 2.13. The third kappa shape index (κ3) is 2.91. The van der Waals surface area contributed by atoms with Gasteiger partial charge in [0.25, 0.3) is 0 Å². The fourth-order valence-corrected chi connectivity index (χ4v) is 3.05. The number of halogens is 1. The van der Waals surface area contributed by atoms with E-state index < -0.39 is 0 Å². The highest BCUT2D eigenvalue weighted by Crippen LogP contribution is 2.28. The van der Waals surface area contributed by atoms with Crippen LogP contribution in [0.1, 0.15) is 19.3 Å². The van der Waals surface area contributed by atoms with Gasteiger partial charge in [0.1, 0.15) is 0 Å². The lowest BCUT2D eigenvalue weighted by atomic mass is 10.2. The first-order valence-corrected chi connectivity index (χ1v) is 6.26. The van der Waals surface area contributed by atoms with Crippen molar-refractivity contribution in [1.29, 1.82) is 0 Å². The van der Waals surface area contributed by atoms with Crippen LogP contribution in [0.4, 0.5) is 0 Å². The Morgan fingerprint density at radius 3 is 3.00 bits per heavy atom. The molecule has 0 aliphatic carbocycles. The molecule has 0 saturated carbocycles. The van der Waals surface area contributed by atoms with E-state index in [1.165, 1.54) is 24.2 Å². The second kappa shape index (κ2) is 5.06. The second-order valence-corrected chi connectivity index (χ2v) is 5.23. The quantitative estimate of drug-likeness (QED) is 0.830. The van der Waals surface area contributed by atoms with Crippen molar-refractivity contribution in [2.45, 2.75) is 29.5 Å². The molecule has 0 bridgehead atoms. The van der Waals surface area contributed by atoms with Crippen molar-refractivity contribution in [3.63, 3.8) is 0 Å². The van der Waals surface area contributed by atoms with Gasteiger partial charge in [-0.15, -0.1) is 11.8 Å². The van der Waals surface area contributed by atoms with Crippen LogP contribution in [0.5, 0.6) is 0 Å². The lowest BCUT2D eigenvalue weighted by molar-refractivity contribution is 0.491. The minimum absolute atomic E-state index is 0.571. The summed E-state index contributed by atoms with van der Waals surface area (Å²) in [7, 11) is 0. The van der Waals surface area contributed by atoms with Crippen LogP contribution in [0.3, 0.4) is 0 Å². The summed E-state index contributed by atoms with van der Waals surface area (Å²) in [5, 5.41) is 4.90. The molecular formula is C11H14ClNS. The SMILES string of the molecule is Clc1cccc(SC2CCCCN2)c1. The van der Waals surface area contributed by atoms with Gasteiger partial charge >= 0.3 is 0 Å². The van der Waals surface area contributed by atoms with Gasteiger partial charge in [0.15, 0.2) is 0 Å². The summed E-state index contributed by atoms with van der Waals surface area (Å²) in [6.07, 6.45) is 3.91. The van der Waals surface area contributed by atoms with Gasteiger partial charge in [-0.25, -0.2) is 0 Å². The number of hydrogen-bond donors (Lipinski definition) is 1. The molecule has 1 aliphatic heterocycles. The average molecular weight is 228 g/mol. The van der Waals surface area contributed by atoms with Gasteiger partial charge in [0.05, 0.1) is 5.37 Å². The molecule has 1 N–H and O–H groups in total. The van der Waals surface area contributed by atoms with E-state index in [-0.39, 0.29) is 0 Å². The average Bonchev–Trinajstić information content (AvgIpc) is 2.19. The lowest BCUT2D eigenvalue weighted by Gasteiger charge is -2.22. The lowest BCUT2D eigenvalue weighted by Crippen LogP contribution is -2.30. The Morgan fingerprint density at radius 2 is 2.29 bits per heavy atom. The summed E-state index contributed by atoms with van der Waals surface area (Å²) < 4.78 is 0. The molecule has 0 amide bonds. The van der Waals surface area contributed by atoms with Crippen LogP contribution in [-0.4, -0.2) is 11.9 Å². The molecule has 1 atom stereocenters. The number of benzene rings is 1. The van der Waals surface area contributed by atoms with E-state index in [1.54, 1.807) is 0 Å². The zero-order chi connectivity index (χ0) is 9.80. The van der Waals surface area contributed by atoms with Gasteiger partial charge in [0.2, 0.25) is 0 Å². The van der Waals surface area contributed by atoms with Crippen molar-refractivity contribution in [2.24, 2.45) is 0 Å². The summed E-state index contributed by atoms with van der Waals surface area (Å²) in [5.74, 6) is 0. The summed E-state index contributed by atoms with van der Waals surface area (Å²) in [4.78, 5) is 1.26. The fourth-order valence-electron chi connectivity index (χ4n) is 1.63. The van der Waals surface area contributed by atoms with Crippen molar-refractivity contribution in [3.8, 4) is 0 Å². The summed E-state index contributed by atoms with van der Waals surface area (Å²) >= 11 is 7.81. The first kappa shape index (κ1) is 10.3. The van der Waals surface area contributed by atoms with E-state index in [2.05, 4.69) is 11.4 Å². The molecule has 0 radical (unpaired) electrons. The molecule has 1 saturated heterocycles. The van der Waals surface area contributed by atoms with Crippen LogP contribution in [0, 0.1) is 0 Å². The van der Waals surface area contributed by atoms with E-state index in [1.807, 2.05) is 30.0 Å². The highest BCUT2D eigenvalue weighted by molar-refractivity contribution is 7.99. The molecule has 1 aromatic rings. The van der Waals surface area contributed by atoms with E-state index >= 15 is 0 Å². The first-order valence-electron chi connectivity index (χ1n) is 5.00. The standard InChI is InChI=1S/C11H14ClNS/c12-9-4-3-5-10(8-9)14-11-6-1-2-7-13-11/h3-5,8,11,13H,1-2,6-7H2. The maximum atomic E-state index is 5.93. The van der Waals surface area contributed by atoms with Gasteiger partial charge in [-0.2, -0.15) is 0 Å². The van der Waals surface area contributed by atoms with Crippen molar-refractivity contribution in [2.75, 3.05) is 6.54 Å². The van der Waals surface area contributed by atoms with Gasteiger partial charge in [0, 0.05) is 9.92 Å². The minimum atomic E-state index is 0.571. The molecule has 1 nitrogen and oxygen atoms in total. The number of thioether (sulfide) groups is 1. The number of rotatable bonds is 2. The van der Waals surface area contributed by atoms with Crippen LogP contribution in [0.2, 0.25) is 5.02 Å². The second-order valence-electron chi connectivity index (χ2n) is 3.51. The maximum absolute atomic E-state index is 5.93. The van der Waals surface area contributed by atoms with Gasteiger partial charge < -0.3 is 5.32 Å². The van der Waals surface area contributed by atoms with Crippen molar-refractivity contribution < 1.29 is 0 Å². The highest BCUT2D eigenvalue weighted by atomic mass is 35.5. The predicted octanol–water partition coefficient (Wildman–Crippen LogP) is 3.53. The summed E-state index contributed by atoms with van der Waals surface area (Å²) in [5.41, 5.74) is 0. The van der Waals surface area contributed by atoms with Crippen molar-refractivity contribution in [3.05, 3.63) is 29.3 Å². The molecule has 2 rings (SSSR count). The number of nitrogens with one attached hydrogen (secondary N) is 1. The molecule has 1 aromatic carbocycles.